The fourth-order valence-corrected chi connectivity index (χ4v) is 2.78. The lowest BCUT2D eigenvalue weighted by molar-refractivity contribution is -0.111. The van der Waals surface area contributed by atoms with Crippen LogP contribution in [-0.4, -0.2) is 20.7 Å². The molecule has 0 saturated heterocycles. The molecule has 26 heavy (non-hydrogen) atoms. The van der Waals surface area contributed by atoms with E-state index in [0.717, 1.165) is 22.4 Å². The number of hydrogen-bond donors (Lipinski definition) is 1. The van der Waals surface area contributed by atoms with Gasteiger partial charge in [-0.15, -0.1) is 0 Å². The Morgan fingerprint density at radius 1 is 1.19 bits per heavy atom. The van der Waals surface area contributed by atoms with Crippen molar-refractivity contribution in [2.24, 2.45) is 0 Å². The summed E-state index contributed by atoms with van der Waals surface area (Å²) in [6.45, 7) is 4.39. The van der Waals surface area contributed by atoms with Crippen molar-refractivity contribution in [1.29, 1.82) is 0 Å². The van der Waals surface area contributed by atoms with Gasteiger partial charge in [-0.1, -0.05) is 48.0 Å². The molecule has 2 aromatic heterocycles. The minimum atomic E-state index is -0.271. The predicted octanol–water partition coefficient (Wildman–Crippen LogP) is 4.25. The van der Waals surface area contributed by atoms with E-state index in [4.69, 9.17) is 11.6 Å². The maximum absolute atomic E-state index is 12.1. The van der Waals surface area contributed by atoms with Gasteiger partial charge in [0.15, 0.2) is 0 Å². The molecule has 2 heterocycles. The van der Waals surface area contributed by atoms with Crippen LogP contribution in [0.4, 0.5) is 5.82 Å². The Morgan fingerprint density at radius 3 is 2.65 bits per heavy atom. The largest absolute Gasteiger partial charge is 0.307 e. The lowest BCUT2D eigenvalue weighted by atomic mass is 10.2. The summed E-state index contributed by atoms with van der Waals surface area (Å²) >= 11 is 6.45. The number of anilines is 1. The Hall–Kier alpha value is -2.92. The van der Waals surface area contributed by atoms with E-state index in [1.807, 2.05) is 50.2 Å². The molecule has 0 aliphatic carbocycles. The van der Waals surface area contributed by atoms with Crippen LogP contribution in [0.5, 0.6) is 0 Å². The predicted molar refractivity (Wildman–Crippen MR) is 104 cm³/mol. The monoisotopic (exact) mass is 366 g/mol. The zero-order valence-electron chi connectivity index (χ0n) is 14.6. The van der Waals surface area contributed by atoms with Crippen LogP contribution in [0.2, 0.25) is 5.15 Å². The quantitative estimate of drug-likeness (QED) is 0.687. The van der Waals surface area contributed by atoms with Crippen molar-refractivity contribution < 1.29 is 4.79 Å². The average Bonchev–Trinajstić information content (AvgIpc) is 2.89. The summed E-state index contributed by atoms with van der Waals surface area (Å²) < 4.78 is 1.73. The minimum Gasteiger partial charge on any atom is -0.307 e. The molecule has 132 valence electrons. The SMILES string of the molecule is Cc1ccc(NC(=O)/C=C/c2c(C)nn(Cc3ccccc3)c2Cl)nc1. The van der Waals surface area contributed by atoms with E-state index in [2.05, 4.69) is 15.4 Å². The van der Waals surface area contributed by atoms with Crippen LogP contribution in [0.25, 0.3) is 6.08 Å². The van der Waals surface area contributed by atoms with E-state index in [0.29, 0.717) is 17.5 Å². The fourth-order valence-electron chi connectivity index (χ4n) is 2.49. The highest BCUT2D eigenvalue weighted by atomic mass is 35.5. The summed E-state index contributed by atoms with van der Waals surface area (Å²) in [5, 5.41) is 7.69. The Bertz CT molecular complexity index is 930. The number of pyridine rings is 1. The first kappa shape index (κ1) is 17.9. The van der Waals surface area contributed by atoms with Gasteiger partial charge in [0, 0.05) is 17.8 Å². The number of nitrogens with zero attached hydrogens (tertiary/aromatic N) is 3. The van der Waals surface area contributed by atoms with E-state index >= 15 is 0 Å². The number of halogens is 1. The van der Waals surface area contributed by atoms with E-state index < -0.39 is 0 Å². The zero-order valence-corrected chi connectivity index (χ0v) is 15.4. The summed E-state index contributed by atoms with van der Waals surface area (Å²) in [7, 11) is 0. The van der Waals surface area contributed by atoms with Gasteiger partial charge in [0.25, 0.3) is 0 Å². The van der Waals surface area contributed by atoms with Gasteiger partial charge >= 0.3 is 0 Å². The highest BCUT2D eigenvalue weighted by Crippen LogP contribution is 2.22. The molecule has 3 rings (SSSR count). The van der Waals surface area contributed by atoms with Crippen LogP contribution < -0.4 is 5.32 Å². The summed E-state index contributed by atoms with van der Waals surface area (Å²) in [4.78, 5) is 16.2. The van der Waals surface area contributed by atoms with E-state index in [1.54, 1.807) is 23.0 Å². The van der Waals surface area contributed by atoms with Crippen molar-refractivity contribution in [3.8, 4) is 0 Å². The van der Waals surface area contributed by atoms with Crippen LogP contribution in [0.1, 0.15) is 22.4 Å². The van der Waals surface area contributed by atoms with Gasteiger partial charge < -0.3 is 5.32 Å². The third-order valence-corrected chi connectivity index (χ3v) is 4.25. The van der Waals surface area contributed by atoms with Crippen LogP contribution >= 0.6 is 11.6 Å². The van der Waals surface area contributed by atoms with Gasteiger partial charge in [-0.2, -0.15) is 5.10 Å². The Morgan fingerprint density at radius 2 is 1.96 bits per heavy atom. The summed E-state index contributed by atoms with van der Waals surface area (Å²) in [6.07, 6.45) is 4.81. The molecular weight excluding hydrogens is 348 g/mol. The first-order valence-corrected chi connectivity index (χ1v) is 8.59. The second kappa shape index (κ2) is 7.97. The van der Waals surface area contributed by atoms with E-state index in [9.17, 15) is 4.79 Å². The van der Waals surface area contributed by atoms with Crippen molar-refractivity contribution in [3.63, 3.8) is 0 Å². The minimum absolute atomic E-state index is 0.271. The molecule has 0 saturated carbocycles. The summed E-state index contributed by atoms with van der Waals surface area (Å²) in [5.41, 5.74) is 3.64. The number of amides is 1. The summed E-state index contributed by atoms with van der Waals surface area (Å²) in [5.74, 6) is 0.237. The van der Waals surface area contributed by atoms with Crippen LogP contribution in [0, 0.1) is 13.8 Å². The van der Waals surface area contributed by atoms with Crippen molar-refractivity contribution in [2.75, 3.05) is 5.32 Å². The van der Waals surface area contributed by atoms with Gasteiger partial charge in [-0.3, -0.25) is 4.79 Å². The van der Waals surface area contributed by atoms with Crippen molar-refractivity contribution in [3.05, 3.63) is 82.3 Å². The molecule has 0 fully saturated rings. The first-order valence-electron chi connectivity index (χ1n) is 8.21. The molecule has 0 radical (unpaired) electrons. The zero-order chi connectivity index (χ0) is 18.5. The fraction of sp³-hybridized carbons (Fsp3) is 0.150. The molecule has 1 N–H and O–H groups in total. The molecule has 0 aliphatic rings. The number of aryl methyl sites for hydroxylation is 2. The second-order valence-electron chi connectivity index (χ2n) is 5.98. The number of aromatic nitrogens is 3. The smallest absolute Gasteiger partial charge is 0.249 e. The molecule has 0 spiro atoms. The Labute approximate surface area is 157 Å². The third kappa shape index (κ3) is 4.37. The van der Waals surface area contributed by atoms with Crippen molar-refractivity contribution >= 4 is 29.4 Å². The van der Waals surface area contributed by atoms with Crippen molar-refractivity contribution in [2.45, 2.75) is 20.4 Å². The van der Waals surface area contributed by atoms with Gasteiger partial charge in [-0.05, 0) is 37.1 Å². The molecule has 1 aromatic carbocycles. The summed E-state index contributed by atoms with van der Waals surface area (Å²) in [6, 6.07) is 13.6. The normalized spacial score (nSPS) is 11.0. The highest BCUT2D eigenvalue weighted by Gasteiger charge is 2.12. The van der Waals surface area contributed by atoms with Gasteiger partial charge in [0.2, 0.25) is 5.91 Å². The maximum atomic E-state index is 12.1. The number of carbonyl (C=O) groups excluding carboxylic acids is 1. The first-order chi connectivity index (χ1) is 12.5. The van der Waals surface area contributed by atoms with Crippen LogP contribution in [0.3, 0.4) is 0 Å². The van der Waals surface area contributed by atoms with Gasteiger partial charge in [0.05, 0.1) is 12.2 Å². The number of rotatable bonds is 5. The lowest BCUT2D eigenvalue weighted by Gasteiger charge is -2.03. The van der Waals surface area contributed by atoms with Crippen LogP contribution in [-0.2, 0) is 11.3 Å². The lowest BCUT2D eigenvalue weighted by Crippen LogP contribution is -2.09. The molecule has 3 aromatic rings. The van der Waals surface area contributed by atoms with Gasteiger partial charge in [0.1, 0.15) is 11.0 Å². The molecule has 0 unspecified atom stereocenters. The molecular formula is C20H19ClN4O. The standard InChI is InChI=1S/C20H19ClN4O/c1-14-8-10-18(22-12-14)23-19(26)11-9-17-15(2)24-25(20(17)21)13-16-6-4-3-5-7-16/h3-12H,13H2,1-2H3,(H,22,23,26)/b11-9+. The molecule has 0 bridgehead atoms. The molecule has 0 atom stereocenters. The van der Waals surface area contributed by atoms with Crippen LogP contribution in [0.15, 0.2) is 54.7 Å². The molecule has 0 aliphatic heterocycles. The topological polar surface area (TPSA) is 59.8 Å². The number of carbonyl (C=O) groups is 1. The third-order valence-electron chi connectivity index (χ3n) is 3.85. The molecule has 5 nitrogen and oxygen atoms in total. The Balaban J connectivity index is 1.72. The van der Waals surface area contributed by atoms with E-state index in [1.165, 1.54) is 6.08 Å². The Kier molecular flexibility index (Phi) is 5.49. The highest BCUT2D eigenvalue weighted by molar-refractivity contribution is 6.31. The number of nitrogens with one attached hydrogen (secondary N) is 1. The van der Waals surface area contributed by atoms with E-state index in [-0.39, 0.29) is 5.91 Å². The molecule has 6 heteroatoms. The maximum Gasteiger partial charge on any atom is 0.249 e. The number of hydrogen-bond acceptors (Lipinski definition) is 3. The molecule has 1 amide bonds. The van der Waals surface area contributed by atoms with Gasteiger partial charge in [-0.25, -0.2) is 9.67 Å². The average molecular weight is 367 g/mol. The van der Waals surface area contributed by atoms with Crippen molar-refractivity contribution in [1.82, 2.24) is 14.8 Å². The second-order valence-corrected chi connectivity index (χ2v) is 6.33. The number of benzene rings is 1.